The van der Waals surface area contributed by atoms with E-state index in [9.17, 15) is 14.4 Å². The summed E-state index contributed by atoms with van der Waals surface area (Å²) in [5, 5.41) is 16.4. The Hall–Kier alpha value is -1.79. The van der Waals surface area contributed by atoms with Crippen LogP contribution >= 0.6 is 0 Å². The van der Waals surface area contributed by atoms with Gasteiger partial charge in [0.15, 0.2) is 0 Å². The highest BCUT2D eigenvalue weighted by Gasteiger charge is 2.32. The fourth-order valence-corrected chi connectivity index (χ4v) is 1.45. The second kappa shape index (κ2) is 6.58. The van der Waals surface area contributed by atoms with Gasteiger partial charge in [-0.1, -0.05) is 20.8 Å². The normalized spacial score (nSPS) is 13.3. The van der Waals surface area contributed by atoms with Crippen molar-refractivity contribution in [1.82, 2.24) is 16.0 Å². The monoisotopic (exact) mass is 287 g/mol. The molecule has 4 N–H and O–H groups in total. The van der Waals surface area contributed by atoms with Gasteiger partial charge in [-0.3, -0.25) is 4.79 Å². The molecule has 0 aliphatic rings. The fraction of sp³-hybridized carbons (Fsp3) is 0.769. The lowest BCUT2D eigenvalue weighted by Gasteiger charge is -2.27. The van der Waals surface area contributed by atoms with E-state index in [1.165, 1.54) is 0 Å². The molecule has 0 aromatic rings. The molecule has 0 aromatic carbocycles. The predicted octanol–water partition coefficient (Wildman–Crippen LogP) is 0.700. The summed E-state index contributed by atoms with van der Waals surface area (Å²) in [6.07, 6.45) is 0. The molecule has 0 saturated carbocycles. The Morgan fingerprint density at radius 3 is 1.90 bits per heavy atom. The lowest BCUT2D eigenvalue weighted by atomic mass is 9.87. The van der Waals surface area contributed by atoms with Gasteiger partial charge < -0.3 is 21.1 Å². The third-order valence-corrected chi connectivity index (χ3v) is 2.31. The van der Waals surface area contributed by atoms with E-state index in [0.29, 0.717) is 0 Å². The number of carbonyl (C=O) groups is 3. The number of nitrogens with one attached hydrogen (secondary N) is 3. The van der Waals surface area contributed by atoms with Crippen molar-refractivity contribution in [2.75, 3.05) is 6.54 Å². The predicted molar refractivity (Wildman–Crippen MR) is 75.3 cm³/mol. The summed E-state index contributed by atoms with van der Waals surface area (Å²) in [7, 11) is 0. The van der Waals surface area contributed by atoms with Crippen LogP contribution in [0.25, 0.3) is 0 Å². The lowest BCUT2D eigenvalue weighted by Crippen LogP contribution is -2.54. The molecule has 7 heteroatoms. The van der Waals surface area contributed by atoms with Crippen molar-refractivity contribution in [3.63, 3.8) is 0 Å². The van der Waals surface area contributed by atoms with E-state index < -0.39 is 23.5 Å². The molecule has 0 fully saturated rings. The van der Waals surface area contributed by atoms with Gasteiger partial charge in [0.1, 0.15) is 6.04 Å². The minimum atomic E-state index is -1.12. The molecule has 0 aliphatic carbocycles. The van der Waals surface area contributed by atoms with Crippen molar-refractivity contribution in [3.8, 4) is 0 Å². The molecule has 116 valence electrons. The van der Waals surface area contributed by atoms with E-state index in [-0.39, 0.29) is 18.0 Å². The minimum absolute atomic E-state index is 0.209. The first-order valence-electron chi connectivity index (χ1n) is 6.41. The van der Waals surface area contributed by atoms with E-state index in [1.807, 2.05) is 20.8 Å². The molecule has 0 aromatic heterocycles. The summed E-state index contributed by atoms with van der Waals surface area (Å²) in [5.41, 5.74) is -1.01. The lowest BCUT2D eigenvalue weighted by molar-refractivity contribution is -0.141. The maximum atomic E-state index is 11.6. The van der Waals surface area contributed by atoms with Gasteiger partial charge in [-0.15, -0.1) is 0 Å². The van der Waals surface area contributed by atoms with Crippen LogP contribution in [0.4, 0.5) is 4.79 Å². The Labute approximate surface area is 119 Å². The molecule has 0 spiro atoms. The van der Waals surface area contributed by atoms with E-state index >= 15 is 0 Å². The molecule has 1 atom stereocenters. The largest absolute Gasteiger partial charge is 0.480 e. The smallest absolute Gasteiger partial charge is 0.326 e. The number of carboxylic acids is 1. The highest BCUT2D eigenvalue weighted by atomic mass is 16.4. The number of rotatable bonds is 4. The fourth-order valence-electron chi connectivity index (χ4n) is 1.45. The van der Waals surface area contributed by atoms with Crippen LogP contribution in [0.15, 0.2) is 0 Å². The molecule has 7 nitrogen and oxygen atoms in total. The molecule has 0 heterocycles. The quantitative estimate of drug-likeness (QED) is 0.610. The minimum Gasteiger partial charge on any atom is -0.480 e. The molecule has 3 amide bonds. The van der Waals surface area contributed by atoms with Crippen LogP contribution in [0.2, 0.25) is 0 Å². The highest BCUT2D eigenvalue weighted by Crippen LogP contribution is 2.19. The molecular formula is C13H25N3O4. The third-order valence-electron chi connectivity index (χ3n) is 2.31. The van der Waals surface area contributed by atoms with Gasteiger partial charge in [0.25, 0.3) is 0 Å². The first-order valence-corrected chi connectivity index (χ1v) is 6.41. The molecule has 0 unspecified atom stereocenters. The van der Waals surface area contributed by atoms with Crippen molar-refractivity contribution in [2.45, 2.75) is 53.1 Å². The zero-order valence-electron chi connectivity index (χ0n) is 13.0. The van der Waals surface area contributed by atoms with Crippen molar-refractivity contribution >= 4 is 17.9 Å². The molecule has 20 heavy (non-hydrogen) atoms. The number of carbonyl (C=O) groups excluding carboxylic acids is 2. The van der Waals surface area contributed by atoms with Crippen LogP contribution in [0.5, 0.6) is 0 Å². The number of hydrogen-bond donors (Lipinski definition) is 4. The summed E-state index contributed by atoms with van der Waals surface area (Å²) < 4.78 is 0. The van der Waals surface area contributed by atoms with Crippen molar-refractivity contribution < 1.29 is 19.5 Å². The Morgan fingerprint density at radius 1 is 1.05 bits per heavy atom. The second-order valence-corrected chi connectivity index (χ2v) is 6.76. The van der Waals surface area contributed by atoms with Gasteiger partial charge in [0.05, 0.1) is 6.54 Å². The number of hydrogen-bond acceptors (Lipinski definition) is 3. The Morgan fingerprint density at radius 2 is 1.55 bits per heavy atom. The number of urea groups is 1. The van der Waals surface area contributed by atoms with E-state index in [2.05, 4.69) is 16.0 Å². The Balaban J connectivity index is 4.36. The van der Waals surface area contributed by atoms with Crippen LogP contribution in [0.1, 0.15) is 41.5 Å². The average molecular weight is 287 g/mol. The van der Waals surface area contributed by atoms with E-state index in [1.54, 1.807) is 20.8 Å². The maximum Gasteiger partial charge on any atom is 0.326 e. The van der Waals surface area contributed by atoms with Gasteiger partial charge in [-0.2, -0.15) is 0 Å². The van der Waals surface area contributed by atoms with Crippen molar-refractivity contribution in [3.05, 3.63) is 0 Å². The number of amides is 3. The van der Waals surface area contributed by atoms with Crippen LogP contribution in [-0.4, -0.2) is 41.1 Å². The van der Waals surface area contributed by atoms with Crippen LogP contribution in [0, 0.1) is 5.41 Å². The zero-order chi connectivity index (χ0) is 16.1. The topological polar surface area (TPSA) is 108 Å². The summed E-state index contributed by atoms with van der Waals surface area (Å²) in [6, 6.07) is -1.72. The second-order valence-electron chi connectivity index (χ2n) is 6.76. The van der Waals surface area contributed by atoms with E-state index in [4.69, 9.17) is 5.11 Å². The zero-order valence-corrected chi connectivity index (χ0v) is 13.0. The van der Waals surface area contributed by atoms with Crippen LogP contribution < -0.4 is 16.0 Å². The highest BCUT2D eigenvalue weighted by molar-refractivity contribution is 5.87. The first-order chi connectivity index (χ1) is 8.83. The summed E-state index contributed by atoms with van der Waals surface area (Å²) in [6.45, 7) is 10.4. The number of carboxylic acid groups (broad SMARTS) is 1. The molecule has 0 rings (SSSR count). The van der Waals surface area contributed by atoms with Crippen molar-refractivity contribution in [2.24, 2.45) is 5.41 Å². The number of aliphatic carboxylic acids is 1. The summed E-state index contributed by atoms with van der Waals surface area (Å²) in [4.78, 5) is 34.2. The first kappa shape index (κ1) is 18.2. The van der Waals surface area contributed by atoms with Gasteiger partial charge in [0, 0.05) is 5.54 Å². The standard InChI is InChI=1S/C13H25N3O4/c1-12(2,3)9(10(18)19)15-11(20)14-7-8(17)16-13(4,5)6/h9H,7H2,1-6H3,(H,16,17)(H,18,19)(H2,14,15,20)/t9-/m1/s1. The average Bonchev–Trinajstić information content (AvgIpc) is 2.18. The van der Waals surface area contributed by atoms with Crippen LogP contribution in [-0.2, 0) is 9.59 Å². The Kier molecular flexibility index (Phi) is 5.99. The van der Waals surface area contributed by atoms with Gasteiger partial charge >= 0.3 is 12.0 Å². The molecular weight excluding hydrogens is 262 g/mol. The molecule has 0 saturated heterocycles. The van der Waals surface area contributed by atoms with Crippen molar-refractivity contribution in [1.29, 1.82) is 0 Å². The maximum absolute atomic E-state index is 11.6. The molecule has 0 bridgehead atoms. The molecule has 0 radical (unpaired) electrons. The van der Waals surface area contributed by atoms with Gasteiger partial charge in [0.2, 0.25) is 5.91 Å². The van der Waals surface area contributed by atoms with E-state index in [0.717, 1.165) is 0 Å². The van der Waals surface area contributed by atoms with Gasteiger partial charge in [-0.25, -0.2) is 9.59 Å². The summed E-state index contributed by atoms with van der Waals surface area (Å²) in [5.74, 6) is -1.46. The molecule has 0 aliphatic heterocycles. The van der Waals surface area contributed by atoms with Gasteiger partial charge in [-0.05, 0) is 26.2 Å². The Bertz CT molecular complexity index is 380. The third kappa shape index (κ3) is 7.60. The SMILES string of the molecule is CC(C)(C)NC(=O)CNC(=O)N[C@H](C(=O)O)C(C)(C)C. The summed E-state index contributed by atoms with van der Waals surface area (Å²) >= 11 is 0. The van der Waals surface area contributed by atoms with Crippen LogP contribution in [0.3, 0.4) is 0 Å².